The monoisotopic (exact) mass is 256 g/mol. The highest BCUT2D eigenvalue weighted by atomic mass is 19.1. The number of ether oxygens (including phenoxy) is 1. The number of hydrogen-bond donors (Lipinski definition) is 1. The van der Waals surface area contributed by atoms with Gasteiger partial charge in [-0.05, 0) is 18.7 Å². The van der Waals surface area contributed by atoms with E-state index in [4.69, 9.17) is 10.5 Å². The summed E-state index contributed by atoms with van der Waals surface area (Å²) < 4.78 is 32.8. The fourth-order valence-electron chi connectivity index (χ4n) is 2.25. The average molecular weight is 256 g/mol. The summed E-state index contributed by atoms with van der Waals surface area (Å²) in [6.07, 6.45) is -0.370. The Bertz CT molecular complexity index is 394. The Morgan fingerprint density at radius 3 is 2.72 bits per heavy atom. The molecule has 1 heterocycles. The molecule has 100 valence electrons. The highest BCUT2D eigenvalue weighted by Gasteiger charge is 2.29. The lowest BCUT2D eigenvalue weighted by Crippen LogP contribution is -2.47. The summed E-state index contributed by atoms with van der Waals surface area (Å²) in [4.78, 5) is 2.16. The maximum Gasteiger partial charge on any atom is 0.131 e. The molecular weight excluding hydrogens is 238 g/mol. The summed E-state index contributed by atoms with van der Waals surface area (Å²) in [6, 6.07) is 3.00. The van der Waals surface area contributed by atoms with E-state index in [2.05, 4.69) is 4.90 Å². The molecule has 1 aliphatic heterocycles. The molecule has 2 unspecified atom stereocenters. The average Bonchev–Trinajstić information content (AvgIpc) is 2.38. The lowest BCUT2D eigenvalue weighted by atomic mass is 9.99. The lowest BCUT2D eigenvalue weighted by molar-refractivity contribution is -0.0402. The molecule has 0 bridgehead atoms. The zero-order valence-electron chi connectivity index (χ0n) is 10.4. The molecule has 1 aromatic rings. The van der Waals surface area contributed by atoms with E-state index in [1.807, 2.05) is 6.92 Å². The van der Waals surface area contributed by atoms with Gasteiger partial charge in [-0.15, -0.1) is 0 Å². The minimum absolute atomic E-state index is 0.0829. The molecule has 1 aliphatic rings. The third kappa shape index (κ3) is 2.68. The minimum atomic E-state index is -0.777. The SMILES string of the molecule is CCN1CCOC(C(N)c2c(F)cccc2F)C1. The summed E-state index contributed by atoms with van der Waals surface area (Å²) in [7, 11) is 0. The number of likely N-dealkylation sites (N-methyl/N-ethyl adjacent to an activating group) is 1. The molecule has 0 aliphatic carbocycles. The van der Waals surface area contributed by atoms with Crippen LogP contribution in [0.4, 0.5) is 8.78 Å². The Balaban J connectivity index is 2.17. The molecule has 2 N–H and O–H groups in total. The van der Waals surface area contributed by atoms with E-state index >= 15 is 0 Å². The molecule has 1 saturated heterocycles. The van der Waals surface area contributed by atoms with Crippen LogP contribution in [0.25, 0.3) is 0 Å². The van der Waals surface area contributed by atoms with Crippen molar-refractivity contribution in [3.63, 3.8) is 0 Å². The maximum absolute atomic E-state index is 13.6. The number of nitrogens with zero attached hydrogens (tertiary/aromatic N) is 1. The summed E-state index contributed by atoms with van der Waals surface area (Å²) in [5.74, 6) is -1.22. The normalized spacial score (nSPS) is 23.0. The molecule has 18 heavy (non-hydrogen) atoms. The fourth-order valence-corrected chi connectivity index (χ4v) is 2.25. The van der Waals surface area contributed by atoms with E-state index in [1.165, 1.54) is 18.2 Å². The molecule has 0 spiro atoms. The fraction of sp³-hybridized carbons (Fsp3) is 0.538. The van der Waals surface area contributed by atoms with Gasteiger partial charge in [-0.2, -0.15) is 0 Å². The highest BCUT2D eigenvalue weighted by Crippen LogP contribution is 2.25. The van der Waals surface area contributed by atoms with Gasteiger partial charge in [0.15, 0.2) is 0 Å². The first kappa shape index (κ1) is 13.4. The second-order valence-electron chi connectivity index (χ2n) is 4.46. The van der Waals surface area contributed by atoms with Crippen LogP contribution in [0, 0.1) is 11.6 Å². The zero-order valence-corrected chi connectivity index (χ0v) is 10.4. The molecular formula is C13H18F2N2O. The second kappa shape index (κ2) is 5.73. The first-order valence-electron chi connectivity index (χ1n) is 6.17. The number of nitrogens with two attached hydrogens (primary N) is 1. The number of halogens is 2. The van der Waals surface area contributed by atoms with E-state index in [1.54, 1.807) is 0 Å². The minimum Gasteiger partial charge on any atom is -0.374 e. The standard InChI is InChI=1S/C13H18F2N2O/c1-2-17-6-7-18-11(8-17)13(16)12-9(14)4-3-5-10(12)15/h3-5,11,13H,2,6-8,16H2,1H3. The van der Waals surface area contributed by atoms with Gasteiger partial charge in [0.05, 0.1) is 18.8 Å². The van der Waals surface area contributed by atoms with Crippen molar-refractivity contribution in [2.45, 2.75) is 19.1 Å². The van der Waals surface area contributed by atoms with Crippen molar-refractivity contribution in [2.24, 2.45) is 5.73 Å². The van der Waals surface area contributed by atoms with Gasteiger partial charge < -0.3 is 10.5 Å². The maximum atomic E-state index is 13.6. The van der Waals surface area contributed by atoms with Crippen LogP contribution >= 0.6 is 0 Å². The highest BCUT2D eigenvalue weighted by molar-refractivity contribution is 5.24. The summed E-state index contributed by atoms with van der Waals surface area (Å²) in [5.41, 5.74) is 5.87. The van der Waals surface area contributed by atoms with E-state index < -0.39 is 17.7 Å². The van der Waals surface area contributed by atoms with Gasteiger partial charge in [0.25, 0.3) is 0 Å². The van der Waals surface area contributed by atoms with Crippen LogP contribution in [0.3, 0.4) is 0 Å². The van der Waals surface area contributed by atoms with Gasteiger partial charge in [-0.25, -0.2) is 8.78 Å². The van der Waals surface area contributed by atoms with Gasteiger partial charge in [0.2, 0.25) is 0 Å². The number of benzene rings is 1. The van der Waals surface area contributed by atoms with Gasteiger partial charge in [0, 0.05) is 18.7 Å². The molecule has 1 fully saturated rings. The second-order valence-corrected chi connectivity index (χ2v) is 4.46. The van der Waals surface area contributed by atoms with Gasteiger partial charge in [-0.1, -0.05) is 13.0 Å². The van der Waals surface area contributed by atoms with E-state index in [0.29, 0.717) is 13.2 Å². The summed E-state index contributed by atoms with van der Waals surface area (Å²) in [6.45, 7) is 4.90. The number of morpholine rings is 1. The zero-order chi connectivity index (χ0) is 13.1. The Morgan fingerprint density at radius 2 is 2.11 bits per heavy atom. The topological polar surface area (TPSA) is 38.5 Å². The van der Waals surface area contributed by atoms with Crippen molar-refractivity contribution in [3.05, 3.63) is 35.4 Å². The van der Waals surface area contributed by atoms with Crippen molar-refractivity contribution >= 4 is 0 Å². The van der Waals surface area contributed by atoms with Crippen LogP contribution in [-0.4, -0.2) is 37.2 Å². The molecule has 0 aromatic heterocycles. The quantitative estimate of drug-likeness (QED) is 0.894. The van der Waals surface area contributed by atoms with Crippen molar-refractivity contribution < 1.29 is 13.5 Å². The molecule has 5 heteroatoms. The summed E-state index contributed by atoms with van der Waals surface area (Å²) >= 11 is 0. The molecule has 1 aromatic carbocycles. The smallest absolute Gasteiger partial charge is 0.131 e. The Morgan fingerprint density at radius 1 is 1.44 bits per heavy atom. The van der Waals surface area contributed by atoms with Gasteiger partial charge in [0.1, 0.15) is 11.6 Å². The van der Waals surface area contributed by atoms with Crippen LogP contribution in [0.1, 0.15) is 18.5 Å². The molecule has 2 atom stereocenters. The van der Waals surface area contributed by atoms with E-state index in [0.717, 1.165) is 13.1 Å². The van der Waals surface area contributed by atoms with Crippen molar-refractivity contribution in [1.29, 1.82) is 0 Å². The van der Waals surface area contributed by atoms with Crippen LogP contribution in [0.5, 0.6) is 0 Å². The Hall–Kier alpha value is -1.04. The van der Waals surface area contributed by atoms with Crippen molar-refractivity contribution in [3.8, 4) is 0 Å². The van der Waals surface area contributed by atoms with Crippen LogP contribution < -0.4 is 5.73 Å². The van der Waals surface area contributed by atoms with Gasteiger partial charge in [-0.3, -0.25) is 4.90 Å². The first-order valence-corrected chi connectivity index (χ1v) is 6.17. The molecule has 3 nitrogen and oxygen atoms in total. The van der Waals surface area contributed by atoms with Crippen molar-refractivity contribution in [2.75, 3.05) is 26.2 Å². The van der Waals surface area contributed by atoms with Crippen LogP contribution in [0.2, 0.25) is 0 Å². The van der Waals surface area contributed by atoms with E-state index in [9.17, 15) is 8.78 Å². The van der Waals surface area contributed by atoms with Crippen LogP contribution in [0.15, 0.2) is 18.2 Å². The predicted octanol–water partition coefficient (Wildman–Crippen LogP) is 1.69. The predicted molar refractivity (Wildman–Crippen MR) is 65.1 cm³/mol. The van der Waals surface area contributed by atoms with Gasteiger partial charge >= 0.3 is 0 Å². The van der Waals surface area contributed by atoms with Crippen molar-refractivity contribution in [1.82, 2.24) is 4.90 Å². The lowest BCUT2D eigenvalue weighted by Gasteiger charge is -2.35. The number of hydrogen-bond acceptors (Lipinski definition) is 3. The molecule has 2 rings (SSSR count). The molecule has 0 saturated carbocycles. The third-order valence-corrected chi connectivity index (χ3v) is 3.36. The van der Waals surface area contributed by atoms with Crippen LogP contribution in [-0.2, 0) is 4.74 Å². The summed E-state index contributed by atoms with van der Waals surface area (Å²) in [5, 5.41) is 0. The Kier molecular flexibility index (Phi) is 4.27. The first-order chi connectivity index (χ1) is 8.63. The van der Waals surface area contributed by atoms with E-state index in [-0.39, 0.29) is 11.7 Å². The Labute approximate surface area is 106 Å². The number of rotatable bonds is 3. The molecule has 0 radical (unpaired) electrons. The third-order valence-electron chi connectivity index (χ3n) is 3.36. The largest absolute Gasteiger partial charge is 0.374 e. The molecule has 0 amide bonds.